The highest BCUT2D eigenvalue weighted by atomic mass is 32.2. The summed E-state index contributed by atoms with van der Waals surface area (Å²) in [7, 11) is 0. The van der Waals surface area contributed by atoms with Gasteiger partial charge in [-0.05, 0) is 37.4 Å². The van der Waals surface area contributed by atoms with Crippen molar-refractivity contribution < 1.29 is 0 Å². The molecule has 2 fully saturated rings. The number of hydrogen-bond acceptors (Lipinski definition) is 3. The molecular formula is C13H26N2S. The van der Waals surface area contributed by atoms with E-state index >= 15 is 0 Å². The molecule has 2 aliphatic heterocycles. The smallest absolute Gasteiger partial charge is 0.0240 e. The van der Waals surface area contributed by atoms with Crippen molar-refractivity contribution >= 4 is 11.8 Å². The zero-order chi connectivity index (χ0) is 11.8. The van der Waals surface area contributed by atoms with Gasteiger partial charge in [0, 0.05) is 30.4 Å². The number of likely N-dealkylation sites (tertiary alicyclic amines) is 1. The summed E-state index contributed by atoms with van der Waals surface area (Å²) in [5.74, 6) is 2.65. The summed E-state index contributed by atoms with van der Waals surface area (Å²) in [6.07, 6.45) is 3.72. The number of thioether (sulfide) groups is 1. The van der Waals surface area contributed by atoms with Crippen LogP contribution in [0.5, 0.6) is 0 Å². The molecule has 3 heteroatoms. The van der Waals surface area contributed by atoms with Gasteiger partial charge in [0.1, 0.15) is 0 Å². The zero-order valence-electron chi connectivity index (χ0n) is 10.9. The Morgan fingerprint density at radius 2 is 2.12 bits per heavy atom. The van der Waals surface area contributed by atoms with Crippen molar-refractivity contribution in [2.45, 2.75) is 58.2 Å². The third-order valence-corrected chi connectivity index (χ3v) is 5.48. The molecular weight excluding hydrogens is 216 g/mol. The van der Waals surface area contributed by atoms with Gasteiger partial charge in [-0.3, -0.25) is 4.90 Å². The first-order chi connectivity index (χ1) is 7.50. The van der Waals surface area contributed by atoms with E-state index in [-0.39, 0.29) is 0 Å². The van der Waals surface area contributed by atoms with Gasteiger partial charge in [0.05, 0.1) is 0 Å². The van der Waals surface area contributed by atoms with Crippen LogP contribution in [0.25, 0.3) is 0 Å². The Hall–Kier alpha value is 0.270. The van der Waals surface area contributed by atoms with Crippen molar-refractivity contribution in [3.8, 4) is 0 Å². The molecule has 2 aliphatic rings. The van der Waals surface area contributed by atoms with E-state index in [0.29, 0.717) is 17.5 Å². The molecule has 0 aliphatic carbocycles. The second-order valence-corrected chi connectivity index (χ2v) is 7.35. The maximum atomic E-state index is 6.05. The van der Waals surface area contributed by atoms with Crippen LogP contribution >= 0.6 is 11.8 Å². The average Bonchev–Trinajstić information content (AvgIpc) is 2.19. The molecule has 0 aromatic heterocycles. The van der Waals surface area contributed by atoms with Gasteiger partial charge >= 0.3 is 0 Å². The van der Waals surface area contributed by atoms with E-state index in [1.807, 2.05) is 0 Å². The number of hydrogen-bond donors (Lipinski definition) is 1. The highest BCUT2D eigenvalue weighted by Crippen LogP contribution is 2.39. The van der Waals surface area contributed by atoms with Crippen LogP contribution in [0.4, 0.5) is 0 Å². The van der Waals surface area contributed by atoms with E-state index in [1.54, 1.807) is 0 Å². The minimum atomic E-state index is 0.436. The number of rotatable bonds is 1. The van der Waals surface area contributed by atoms with Crippen molar-refractivity contribution in [2.24, 2.45) is 11.1 Å². The highest BCUT2D eigenvalue weighted by molar-refractivity contribution is 7.99. The first kappa shape index (κ1) is 12.7. The summed E-state index contributed by atoms with van der Waals surface area (Å²) in [5.41, 5.74) is 6.54. The van der Waals surface area contributed by atoms with Crippen LogP contribution in [-0.4, -0.2) is 41.1 Å². The highest BCUT2D eigenvalue weighted by Gasteiger charge is 2.39. The molecule has 2 nitrogen and oxygen atoms in total. The van der Waals surface area contributed by atoms with Crippen LogP contribution < -0.4 is 5.73 Å². The van der Waals surface area contributed by atoms with E-state index in [9.17, 15) is 0 Å². The van der Waals surface area contributed by atoms with Gasteiger partial charge in [0.25, 0.3) is 0 Å². The molecule has 0 aromatic carbocycles. The summed E-state index contributed by atoms with van der Waals surface area (Å²) in [4.78, 5) is 2.73. The maximum Gasteiger partial charge on any atom is 0.0240 e. The van der Waals surface area contributed by atoms with Gasteiger partial charge in [0.2, 0.25) is 0 Å². The molecule has 3 unspecified atom stereocenters. The van der Waals surface area contributed by atoms with Crippen molar-refractivity contribution in [1.82, 2.24) is 4.90 Å². The van der Waals surface area contributed by atoms with E-state index in [1.165, 1.54) is 37.3 Å². The third kappa shape index (κ3) is 2.57. The largest absolute Gasteiger partial charge is 0.328 e. The second kappa shape index (κ2) is 4.87. The predicted octanol–water partition coefficient (Wildman–Crippen LogP) is 2.33. The van der Waals surface area contributed by atoms with Crippen molar-refractivity contribution in [3.05, 3.63) is 0 Å². The molecule has 0 spiro atoms. The molecule has 0 saturated carbocycles. The molecule has 2 rings (SSSR count). The van der Waals surface area contributed by atoms with E-state index in [4.69, 9.17) is 5.73 Å². The standard InChI is InChI=1S/C13H26N2S/c1-10-8-11(14)4-6-15(10)12-9-16-7-5-13(12,2)3/h10-12H,4-9,14H2,1-3H3. The number of nitrogens with two attached hydrogens (primary N) is 1. The number of piperidine rings is 1. The van der Waals surface area contributed by atoms with Crippen LogP contribution in [0, 0.1) is 5.41 Å². The molecule has 0 aromatic rings. The van der Waals surface area contributed by atoms with Crippen molar-refractivity contribution in [2.75, 3.05) is 18.1 Å². The second-order valence-electron chi connectivity index (χ2n) is 6.20. The van der Waals surface area contributed by atoms with Gasteiger partial charge in [0.15, 0.2) is 0 Å². The fourth-order valence-electron chi connectivity index (χ4n) is 3.16. The van der Waals surface area contributed by atoms with Gasteiger partial charge in [-0.25, -0.2) is 0 Å². The topological polar surface area (TPSA) is 29.3 Å². The molecule has 0 bridgehead atoms. The quantitative estimate of drug-likeness (QED) is 0.765. The SMILES string of the molecule is CC1CC(N)CCN1C1CSCCC1(C)C. The Morgan fingerprint density at radius 1 is 1.38 bits per heavy atom. The summed E-state index contributed by atoms with van der Waals surface area (Å²) >= 11 is 2.13. The van der Waals surface area contributed by atoms with E-state index in [2.05, 4.69) is 37.4 Å². The first-order valence-corrected chi connectivity index (χ1v) is 7.75. The Morgan fingerprint density at radius 3 is 2.75 bits per heavy atom. The molecule has 3 atom stereocenters. The molecule has 2 saturated heterocycles. The zero-order valence-corrected chi connectivity index (χ0v) is 11.7. The van der Waals surface area contributed by atoms with Crippen LogP contribution in [0.15, 0.2) is 0 Å². The minimum Gasteiger partial charge on any atom is -0.328 e. The summed E-state index contributed by atoms with van der Waals surface area (Å²) in [5, 5.41) is 0. The summed E-state index contributed by atoms with van der Waals surface area (Å²) in [6.45, 7) is 8.45. The lowest BCUT2D eigenvalue weighted by Gasteiger charge is -2.50. The fraction of sp³-hybridized carbons (Fsp3) is 1.00. The van der Waals surface area contributed by atoms with Crippen molar-refractivity contribution in [1.29, 1.82) is 0 Å². The van der Waals surface area contributed by atoms with Gasteiger partial charge in [-0.1, -0.05) is 13.8 Å². The fourth-order valence-corrected chi connectivity index (χ4v) is 4.86. The molecule has 0 radical (unpaired) electrons. The average molecular weight is 242 g/mol. The van der Waals surface area contributed by atoms with E-state index in [0.717, 1.165) is 6.04 Å². The molecule has 94 valence electrons. The molecule has 16 heavy (non-hydrogen) atoms. The predicted molar refractivity (Wildman–Crippen MR) is 72.9 cm³/mol. The third-order valence-electron chi connectivity index (χ3n) is 4.44. The molecule has 2 heterocycles. The lowest BCUT2D eigenvalue weighted by Crippen LogP contribution is -2.56. The van der Waals surface area contributed by atoms with Crippen LogP contribution in [0.1, 0.15) is 40.0 Å². The van der Waals surface area contributed by atoms with Gasteiger partial charge in [-0.15, -0.1) is 0 Å². The van der Waals surface area contributed by atoms with Gasteiger partial charge < -0.3 is 5.73 Å². The van der Waals surface area contributed by atoms with Gasteiger partial charge in [-0.2, -0.15) is 11.8 Å². The Balaban J connectivity index is 2.05. The van der Waals surface area contributed by atoms with Crippen LogP contribution in [0.2, 0.25) is 0 Å². The van der Waals surface area contributed by atoms with Crippen LogP contribution in [0.3, 0.4) is 0 Å². The summed E-state index contributed by atoms with van der Waals surface area (Å²) < 4.78 is 0. The monoisotopic (exact) mass is 242 g/mol. The Labute approximate surface area is 104 Å². The lowest BCUT2D eigenvalue weighted by atomic mass is 9.79. The van der Waals surface area contributed by atoms with Crippen LogP contribution in [-0.2, 0) is 0 Å². The normalized spacial score (nSPS) is 40.9. The minimum absolute atomic E-state index is 0.436. The number of nitrogens with zero attached hydrogens (tertiary/aromatic N) is 1. The first-order valence-electron chi connectivity index (χ1n) is 6.60. The Kier molecular flexibility index (Phi) is 3.87. The lowest BCUT2D eigenvalue weighted by molar-refractivity contribution is 0.0368. The maximum absolute atomic E-state index is 6.05. The molecule has 0 amide bonds. The molecule has 2 N–H and O–H groups in total. The summed E-state index contributed by atoms with van der Waals surface area (Å²) in [6, 6.07) is 1.87. The van der Waals surface area contributed by atoms with E-state index < -0.39 is 0 Å². The Bertz CT molecular complexity index is 242. The van der Waals surface area contributed by atoms with Crippen molar-refractivity contribution in [3.63, 3.8) is 0 Å².